The van der Waals surface area contributed by atoms with Gasteiger partial charge in [-0.25, -0.2) is 0 Å². The first-order valence-electron chi connectivity index (χ1n) is 9.29. The molecule has 1 aromatic rings. The van der Waals surface area contributed by atoms with Gasteiger partial charge in [0.25, 0.3) is 11.5 Å². The fourth-order valence-electron chi connectivity index (χ4n) is 4.25. The molecule has 0 radical (unpaired) electrons. The Morgan fingerprint density at radius 2 is 2.00 bits per heavy atom. The van der Waals surface area contributed by atoms with Crippen molar-refractivity contribution in [2.45, 2.75) is 50.5 Å². The van der Waals surface area contributed by atoms with E-state index in [2.05, 4.69) is 4.98 Å². The van der Waals surface area contributed by atoms with E-state index in [-0.39, 0.29) is 11.5 Å². The molecule has 1 fully saturated rings. The van der Waals surface area contributed by atoms with E-state index < -0.39 is 5.60 Å². The Balaban J connectivity index is 1.81. The highest BCUT2D eigenvalue weighted by molar-refractivity contribution is 5.95. The normalized spacial score (nSPS) is 24.1. The van der Waals surface area contributed by atoms with Gasteiger partial charge in [-0.15, -0.1) is 0 Å². The highest BCUT2D eigenvalue weighted by Crippen LogP contribution is 2.26. The van der Waals surface area contributed by atoms with Gasteiger partial charge in [0, 0.05) is 25.8 Å². The summed E-state index contributed by atoms with van der Waals surface area (Å²) < 4.78 is 0. The van der Waals surface area contributed by atoms with Gasteiger partial charge >= 0.3 is 0 Å². The topological polar surface area (TPSA) is 76.6 Å². The number of nitrogens with zero attached hydrogens (tertiary/aromatic N) is 2. The van der Waals surface area contributed by atoms with E-state index >= 15 is 0 Å². The number of hydrogen-bond acceptors (Lipinski definition) is 4. The van der Waals surface area contributed by atoms with Crippen molar-refractivity contribution in [3.05, 3.63) is 33.2 Å². The molecule has 1 aliphatic carbocycles. The molecule has 1 amide bonds. The van der Waals surface area contributed by atoms with Crippen molar-refractivity contribution >= 4 is 5.91 Å². The molecule has 0 aromatic carbocycles. The number of carbonyl (C=O) groups is 1. The van der Waals surface area contributed by atoms with Crippen LogP contribution in [0.3, 0.4) is 0 Å². The standard InChI is InChI=1S/C19H29N3O3/c1-21(2)13-19(25)8-5-10-22(11-9-19)18(24)16-15-7-4-3-6-14(15)12-20-17(16)23/h12,25H,3-11,13H2,1-2H3,(H,20,23). The largest absolute Gasteiger partial charge is 0.388 e. The Kier molecular flexibility index (Phi) is 5.29. The predicted octanol–water partition coefficient (Wildman–Crippen LogP) is 1.17. The number of amides is 1. The van der Waals surface area contributed by atoms with E-state index in [4.69, 9.17) is 0 Å². The van der Waals surface area contributed by atoms with E-state index in [1.807, 2.05) is 19.0 Å². The molecule has 1 saturated heterocycles. The van der Waals surface area contributed by atoms with Crippen molar-refractivity contribution in [1.29, 1.82) is 0 Å². The number of aromatic amines is 1. The van der Waals surface area contributed by atoms with E-state index in [0.29, 0.717) is 38.0 Å². The number of aromatic nitrogens is 1. The highest BCUT2D eigenvalue weighted by Gasteiger charge is 2.33. The number of aliphatic hydroxyl groups is 1. The van der Waals surface area contributed by atoms with Crippen LogP contribution in [0.15, 0.2) is 11.0 Å². The SMILES string of the molecule is CN(C)CC1(O)CCCN(C(=O)c2c3c(c[nH]c2=O)CCCC3)CC1. The van der Waals surface area contributed by atoms with Crippen LogP contribution >= 0.6 is 0 Å². The summed E-state index contributed by atoms with van der Waals surface area (Å²) in [5, 5.41) is 10.8. The van der Waals surface area contributed by atoms with Crippen LogP contribution in [0.2, 0.25) is 0 Å². The zero-order valence-electron chi connectivity index (χ0n) is 15.3. The number of rotatable bonds is 3. The summed E-state index contributed by atoms with van der Waals surface area (Å²) in [5.41, 5.74) is 1.33. The van der Waals surface area contributed by atoms with Gasteiger partial charge in [0.15, 0.2) is 0 Å². The number of fused-ring (bicyclic) bond motifs is 1. The summed E-state index contributed by atoms with van der Waals surface area (Å²) in [4.78, 5) is 32.0. The summed E-state index contributed by atoms with van der Waals surface area (Å²) in [7, 11) is 3.89. The Morgan fingerprint density at radius 3 is 2.76 bits per heavy atom. The lowest BCUT2D eigenvalue weighted by Gasteiger charge is -2.30. The number of aryl methyl sites for hydroxylation is 1. The molecular weight excluding hydrogens is 318 g/mol. The van der Waals surface area contributed by atoms with Crippen LogP contribution in [0.1, 0.15) is 53.6 Å². The summed E-state index contributed by atoms with van der Waals surface area (Å²) in [6.45, 7) is 1.68. The third-order valence-corrected chi connectivity index (χ3v) is 5.45. The van der Waals surface area contributed by atoms with Gasteiger partial charge in [-0.05, 0) is 70.2 Å². The van der Waals surface area contributed by atoms with Crippen molar-refractivity contribution in [1.82, 2.24) is 14.8 Å². The van der Waals surface area contributed by atoms with Gasteiger partial charge in [-0.3, -0.25) is 9.59 Å². The molecule has 0 saturated carbocycles. The fourth-order valence-corrected chi connectivity index (χ4v) is 4.25. The van der Waals surface area contributed by atoms with E-state index in [1.165, 1.54) is 0 Å². The monoisotopic (exact) mass is 347 g/mol. The van der Waals surface area contributed by atoms with Crippen LogP contribution in [0.4, 0.5) is 0 Å². The molecule has 2 heterocycles. The number of likely N-dealkylation sites (tertiary alicyclic amines) is 1. The van der Waals surface area contributed by atoms with Gasteiger partial charge in [0.1, 0.15) is 5.56 Å². The first kappa shape index (κ1) is 18.1. The molecule has 2 N–H and O–H groups in total. The first-order chi connectivity index (χ1) is 11.9. The van der Waals surface area contributed by atoms with E-state index in [9.17, 15) is 14.7 Å². The molecular formula is C19H29N3O3. The smallest absolute Gasteiger partial charge is 0.261 e. The molecule has 25 heavy (non-hydrogen) atoms. The third kappa shape index (κ3) is 3.96. The molecule has 0 spiro atoms. The molecule has 6 nitrogen and oxygen atoms in total. The minimum Gasteiger partial charge on any atom is -0.388 e. The lowest BCUT2D eigenvalue weighted by atomic mass is 9.89. The zero-order chi connectivity index (χ0) is 18.0. The van der Waals surface area contributed by atoms with Crippen LogP contribution in [0, 0.1) is 0 Å². The van der Waals surface area contributed by atoms with Gasteiger partial charge in [0.2, 0.25) is 0 Å². The van der Waals surface area contributed by atoms with Crippen LogP contribution in [-0.2, 0) is 12.8 Å². The van der Waals surface area contributed by atoms with Crippen molar-refractivity contribution < 1.29 is 9.90 Å². The second-order valence-electron chi connectivity index (χ2n) is 7.81. The summed E-state index contributed by atoms with van der Waals surface area (Å²) in [6, 6.07) is 0. The molecule has 3 rings (SSSR count). The van der Waals surface area contributed by atoms with Crippen molar-refractivity contribution in [2.75, 3.05) is 33.7 Å². The van der Waals surface area contributed by atoms with Gasteiger partial charge in [0.05, 0.1) is 5.60 Å². The van der Waals surface area contributed by atoms with Gasteiger partial charge < -0.3 is 19.9 Å². The number of likely N-dealkylation sites (N-methyl/N-ethyl adjacent to an activating group) is 1. The number of hydrogen-bond donors (Lipinski definition) is 2. The maximum absolute atomic E-state index is 13.1. The summed E-state index contributed by atoms with van der Waals surface area (Å²) in [6.07, 6.45) is 7.61. The van der Waals surface area contributed by atoms with Crippen molar-refractivity contribution in [2.24, 2.45) is 0 Å². The Bertz CT molecular complexity index is 698. The lowest BCUT2D eigenvalue weighted by molar-refractivity contribution is 0.00304. The molecule has 138 valence electrons. The first-order valence-corrected chi connectivity index (χ1v) is 9.29. The van der Waals surface area contributed by atoms with Crippen LogP contribution < -0.4 is 5.56 Å². The average Bonchev–Trinajstić information content (AvgIpc) is 2.75. The van der Waals surface area contributed by atoms with Gasteiger partial charge in [-0.1, -0.05) is 0 Å². The molecule has 1 aromatic heterocycles. The predicted molar refractivity (Wildman–Crippen MR) is 97.0 cm³/mol. The molecule has 0 bridgehead atoms. The summed E-state index contributed by atoms with van der Waals surface area (Å²) >= 11 is 0. The van der Waals surface area contributed by atoms with E-state index in [0.717, 1.165) is 43.2 Å². The number of pyridine rings is 1. The average molecular weight is 347 g/mol. The quantitative estimate of drug-likeness (QED) is 0.861. The molecule has 6 heteroatoms. The van der Waals surface area contributed by atoms with Crippen LogP contribution in [0.5, 0.6) is 0 Å². The molecule has 1 aliphatic heterocycles. The Hall–Kier alpha value is -1.66. The molecule has 1 atom stereocenters. The van der Waals surface area contributed by atoms with Crippen LogP contribution in [0.25, 0.3) is 0 Å². The summed E-state index contributed by atoms with van der Waals surface area (Å²) in [5.74, 6) is -0.172. The van der Waals surface area contributed by atoms with Crippen molar-refractivity contribution in [3.63, 3.8) is 0 Å². The lowest BCUT2D eigenvalue weighted by Crippen LogP contribution is -2.42. The van der Waals surface area contributed by atoms with Crippen LogP contribution in [-0.4, -0.2) is 65.1 Å². The maximum atomic E-state index is 13.1. The maximum Gasteiger partial charge on any atom is 0.261 e. The molecule has 2 aliphatic rings. The Labute approximate surface area is 148 Å². The minimum atomic E-state index is -0.763. The fraction of sp³-hybridized carbons (Fsp3) is 0.684. The number of H-pyrrole nitrogens is 1. The van der Waals surface area contributed by atoms with E-state index in [1.54, 1.807) is 11.1 Å². The third-order valence-electron chi connectivity index (χ3n) is 5.45. The second kappa shape index (κ2) is 7.30. The zero-order valence-corrected chi connectivity index (χ0v) is 15.3. The number of nitrogens with one attached hydrogen (secondary N) is 1. The minimum absolute atomic E-state index is 0.172. The second-order valence-corrected chi connectivity index (χ2v) is 7.81. The highest BCUT2D eigenvalue weighted by atomic mass is 16.3. The number of carbonyl (C=O) groups excluding carboxylic acids is 1. The molecule has 1 unspecified atom stereocenters. The Morgan fingerprint density at radius 1 is 1.24 bits per heavy atom. The van der Waals surface area contributed by atoms with Gasteiger partial charge in [-0.2, -0.15) is 0 Å². The van der Waals surface area contributed by atoms with Crippen molar-refractivity contribution in [3.8, 4) is 0 Å².